The Morgan fingerprint density at radius 1 is 1.18 bits per heavy atom. The number of benzene rings is 2. The minimum absolute atomic E-state index is 0.0616. The van der Waals surface area contributed by atoms with Crippen LogP contribution in [0, 0.1) is 10.1 Å². The Bertz CT molecular complexity index is 1070. The molecule has 0 saturated heterocycles. The number of nitrogens with zero attached hydrogens (tertiary/aromatic N) is 3. The molecule has 0 aliphatic carbocycles. The van der Waals surface area contributed by atoms with Crippen molar-refractivity contribution >= 4 is 34.6 Å². The number of hydrogen-bond acceptors (Lipinski definition) is 6. The normalized spacial score (nSPS) is 11.8. The number of aliphatic hydroxyl groups is 1. The number of non-ortho nitro benzene ring substituents is 1. The highest BCUT2D eigenvalue weighted by molar-refractivity contribution is 6.33. The average molecular weight is 421 g/mol. The summed E-state index contributed by atoms with van der Waals surface area (Å²) in [6, 6.07) is 12.2. The van der Waals surface area contributed by atoms with E-state index in [9.17, 15) is 20.0 Å². The van der Waals surface area contributed by atoms with E-state index in [4.69, 9.17) is 23.2 Å². The molecule has 1 atom stereocenters. The summed E-state index contributed by atoms with van der Waals surface area (Å²) in [6.45, 7) is 0.0616. The number of rotatable bonds is 6. The van der Waals surface area contributed by atoms with Crippen LogP contribution in [0.3, 0.4) is 0 Å². The number of nitrogens with one attached hydrogen (secondary N) is 1. The Labute approximate surface area is 169 Å². The summed E-state index contributed by atoms with van der Waals surface area (Å²) in [6.07, 6.45) is 0.423. The van der Waals surface area contributed by atoms with Gasteiger partial charge in [0.1, 0.15) is 5.02 Å². The highest BCUT2D eigenvalue weighted by Gasteiger charge is 2.15. The first-order valence-corrected chi connectivity index (χ1v) is 8.83. The van der Waals surface area contributed by atoms with Crippen molar-refractivity contribution in [3.8, 4) is 5.69 Å². The molecule has 1 heterocycles. The number of halogens is 2. The third-order valence-electron chi connectivity index (χ3n) is 3.97. The molecule has 1 aromatic heterocycles. The zero-order valence-electron chi connectivity index (χ0n) is 14.3. The molecular weight excluding hydrogens is 407 g/mol. The SMILES string of the molecule is O=c1c(Cl)c(NCC(O)c2ccccc2Cl)cnn1-c1ccc([N+](=O)[O-])cc1. The molecule has 3 aromatic rings. The Balaban J connectivity index is 1.79. The molecule has 1 unspecified atom stereocenters. The largest absolute Gasteiger partial charge is 0.387 e. The molecule has 2 N–H and O–H groups in total. The molecule has 8 nitrogen and oxygen atoms in total. The van der Waals surface area contributed by atoms with Gasteiger partial charge in [-0.25, -0.2) is 0 Å². The highest BCUT2D eigenvalue weighted by Crippen LogP contribution is 2.24. The summed E-state index contributed by atoms with van der Waals surface area (Å²) in [4.78, 5) is 22.7. The first kappa shape index (κ1) is 19.8. The van der Waals surface area contributed by atoms with Crippen molar-refractivity contribution < 1.29 is 10.0 Å². The van der Waals surface area contributed by atoms with Gasteiger partial charge in [0.25, 0.3) is 11.2 Å². The van der Waals surface area contributed by atoms with Crippen molar-refractivity contribution in [2.45, 2.75) is 6.10 Å². The molecule has 0 saturated carbocycles. The minimum Gasteiger partial charge on any atom is -0.387 e. The van der Waals surface area contributed by atoms with Gasteiger partial charge in [0, 0.05) is 29.3 Å². The van der Waals surface area contributed by atoms with Gasteiger partial charge >= 0.3 is 0 Å². The molecule has 0 bridgehead atoms. The average Bonchev–Trinajstić information content (AvgIpc) is 2.69. The van der Waals surface area contributed by atoms with Crippen LogP contribution < -0.4 is 10.9 Å². The molecule has 10 heteroatoms. The van der Waals surface area contributed by atoms with Gasteiger partial charge in [-0.15, -0.1) is 0 Å². The van der Waals surface area contributed by atoms with Crippen LogP contribution in [0.2, 0.25) is 10.0 Å². The van der Waals surface area contributed by atoms with Crippen LogP contribution in [0.25, 0.3) is 5.69 Å². The second kappa shape index (κ2) is 8.39. The lowest BCUT2D eigenvalue weighted by Crippen LogP contribution is -2.23. The van der Waals surface area contributed by atoms with E-state index in [-0.39, 0.29) is 22.9 Å². The fourth-order valence-corrected chi connectivity index (χ4v) is 2.97. The highest BCUT2D eigenvalue weighted by atomic mass is 35.5. The van der Waals surface area contributed by atoms with Gasteiger partial charge < -0.3 is 10.4 Å². The second-order valence-electron chi connectivity index (χ2n) is 5.78. The van der Waals surface area contributed by atoms with Gasteiger partial charge in [-0.2, -0.15) is 9.78 Å². The van der Waals surface area contributed by atoms with E-state index >= 15 is 0 Å². The molecular formula is C18H14Cl2N4O4. The number of nitro benzene ring substituents is 1. The Kier molecular flexibility index (Phi) is 5.93. The molecule has 0 spiro atoms. The van der Waals surface area contributed by atoms with Gasteiger partial charge in [0.05, 0.1) is 28.6 Å². The maximum atomic E-state index is 12.5. The number of aliphatic hydroxyl groups excluding tert-OH is 1. The predicted octanol–water partition coefficient (Wildman–Crippen LogP) is 3.59. The lowest BCUT2D eigenvalue weighted by Gasteiger charge is -2.15. The van der Waals surface area contributed by atoms with Gasteiger partial charge in [-0.1, -0.05) is 41.4 Å². The van der Waals surface area contributed by atoms with Crippen LogP contribution in [0.4, 0.5) is 11.4 Å². The number of anilines is 1. The second-order valence-corrected chi connectivity index (χ2v) is 6.57. The molecule has 0 aliphatic heterocycles. The summed E-state index contributed by atoms with van der Waals surface area (Å²) < 4.78 is 1.03. The summed E-state index contributed by atoms with van der Waals surface area (Å²) in [7, 11) is 0. The van der Waals surface area contributed by atoms with Crippen LogP contribution in [0.5, 0.6) is 0 Å². The maximum absolute atomic E-state index is 12.5. The monoisotopic (exact) mass is 420 g/mol. The van der Waals surface area contributed by atoms with Crippen molar-refractivity contribution in [1.29, 1.82) is 0 Å². The van der Waals surface area contributed by atoms with Crippen molar-refractivity contribution in [2.24, 2.45) is 0 Å². The van der Waals surface area contributed by atoms with E-state index in [0.29, 0.717) is 16.3 Å². The van der Waals surface area contributed by atoms with Gasteiger partial charge in [0.15, 0.2) is 0 Å². The summed E-state index contributed by atoms with van der Waals surface area (Å²) in [5.74, 6) is 0. The summed E-state index contributed by atoms with van der Waals surface area (Å²) >= 11 is 12.2. The topological polar surface area (TPSA) is 110 Å². The van der Waals surface area contributed by atoms with E-state index in [0.717, 1.165) is 4.68 Å². The lowest BCUT2D eigenvalue weighted by atomic mass is 10.1. The molecule has 0 fully saturated rings. The number of nitro groups is 1. The molecule has 3 rings (SSSR count). The van der Waals surface area contributed by atoms with Crippen molar-refractivity contribution in [1.82, 2.24) is 9.78 Å². The third-order valence-corrected chi connectivity index (χ3v) is 4.68. The Morgan fingerprint density at radius 3 is 2.50 bits per heavy atom. The van der Waals surface area contributed by atoms with Crippen LogP contribution in [0.1, 0.15) is 11.7 Å². The zero-order chi connectivity index (χ0) is 20.3. The standard InChI is InChI=1S/C18H14Cl2N4O4/c19-14-4-2-1-3-13(14)16(25)10-21-15-9-22-23(18(26)17(15)20)11-5-7-12(8-6-11)24(27)28/h1-9,16,21,25H,10H2. The summed E-state index contributed by atoms with van der Waals surface area (Å²) in [5.41, 5.74) is 0.415. The van der Waals surface area contributed by atoms with E-state index in [1.54, 1.807) is 24.3 Å². The van der Waals surface area contributed by atoms with E-state index in [1.807, 2.05) is 0 Å². The molecule has 0 amide bonds. The predicted molar refractivity (Wildman–Crippen MR) is 106 cm³/mol. The van der Waals surface area contributed by atoms with E-state index in [1.165, 1.54) is 30.5 Å². The third kappa shape index (κ3) is 4.14. The van der Waals surface area contributed by atoms with Crippen LogP contribution in [-0.2, 0) is 0 Å². The number of hydrogen-bond donors (Lipinski definition) is 2. The Hall–Kier alpha value is -2.94. The van der Waals surface area contributed by atoms with Crippen molar-refractivity contribution in [2.75, 3.05) is 11.9 Å². The molecule has 144 valence electrons. The van der Waals surface area contributed by atoms with E-state index < -0.39 is 16.6 Å². The van der Waals surface area contributed by atoms with Gasteiger partial charge in [-0.05, 0) is 18.2 Å². The summed E-state index contributed by atoms with van der Waals surface area (Å²) in [5, 5.41) is 28.2. The van der Waals surface area contributed by atoms with Gasteiger partial charge in [0.2, 0.25) is 0 Å². The maximum Gasteiger partial charge on any atom is 0.292 e. The smallest absolute Gasteiger partial charge is 0.292 e. The van der Waals surface area contributed by atoms with Crippen LogP contribution >= 0.6 is 23.2 Å². The van der Waals surface area contributed by atoms with Crippen LogP contribution in [0.15, 0.2) is 59.5 Å². The first-order chi connectivity index (χ1) is 13.4. The molecule has 2 aromatic carbocycles. The quantitative estimate of drug-likeness (QED) is 0.465. The number of aromatic nitrogens is 2. The van der Waals surface area contributed by atoms with E-state index in [2.05, 4.69) is 10.4 Å². The Morgan fingerprint density at radius 2 is 1.86 bits per heavy atom. The minimum atomic E-state index is -0.915. The molecule has 0 radical (unpaired) electrons. The fraction of sp³-hybridized carbons (Fsp3) is 0.111. The van der Waals surface area contributed by atoms with Crippen molar-refractivity contribution in [3.05, 3.63) is 90.8 Å². The molecule has 28 heavy (non-hydrogen) atoms. The van der Waals surface area contributed by atoms with Crippen molar-refractivity contribution in [3.63, 3.8) is 0 Å². The lowest BCUT2D eigenvalue weighted by molar-refractivity contribution is -0.384. The van der Waals surface area contributed by atoms with Crippen LogP contribution in [-0.4, -0.2) is 26.4 Å². The fourth-order valence-electron chi connectivity index (χ4n) is 2.52. The molecule has 0 aliphatic rings. The van der Waals surface area contributed by atoms with Gasteiger partial charge in [-0.3, -0.25) is 14.9 Å². The zero-order valence-corrected chi connectivity index (χ0v) is 15.8. The first-order valence-electron chi connectivity index (χ1n) is 8.07.